The predicted octanol–water partition coefficient (Wildman–Crippen LogP) is 12.0. The van der Waals surface area contributed by atoms with E-state index in [2.05, 4.69) is 169 Å². The molecule has 4 aromatic carbocycles. The van der Waals surface area contributed by atoms with Crippen molar-refractivity contribution in [2.45, 2.75) is 86.0 Å². The average Bonchev–Trinajstić information content (AvgIpc) is 3.56. The molecule has 5 nitrogen and oxygen atoms in total. The predicted molar refractivity (Wildman–Crippen MR) is 209 cm³/mol. The van der Waals surface area contributed by atoms with Crippen LogP contribution in [0, 0.1) is 13.8 Å². The Morgan fingerprint density at radius 2 is 1.44 bits per heavy atom. The summed E-state index contributed by atoms with van der Waals surface area (Å²) in [5, 5.41) is 7.45. The van der Waals surface area contributed by atoms with Crippen LogP contribution in [0.5, 0.6) is 11.5 Å². The van der Waals surface area contributed by atoms with Gasteiger partial charge in [0.1, 0.15) is 17.3 Å². The number of fused-ring (bicyclic) bond motifs is 3. The molecule has 0 aliphatic rings. The molecule has 0 unspecified atom stereocenters. The van der Waals surface area contributed by atoms with Crippen molar-refractivity contribution < 1.29 is 4.74 Å². The molecule has 50 heavy (non-hydrogen) atoms. The Hall–Kier alpha value is -5.16. The Labute approximate surface area is 296 Å². The lowest BCUT2D eigenvalue weighted by molar-refractivity contribution is 0.478. The maximum Gasteiger partial charge on any atom is 0.137 e. The molecule has 3 aromatic heterocycles. The number of rotatable bonds is 7. The third-order valence-electron chi connectivity index (χ3n) is 9.77. The van der Waals surface area contributed by atoms with Gasteiger partial charge in [-0.15, -0.1) is 0 Å². The zero-order chi connectivity index (χ0) is 35.4. The van der Waals surface area contributed by atoms with E-state index in [-0.39, 0.29) is 10.8 Å². The van der Waals surface area contributed by atoms with Gasteiger partial charge in [-0.25, -0.2) is 9.67 Å². The van der Waals surface area contributed by atoms with Crippen molar-refractivity contribution in [3.05, 3.63) is 131 Å². The minimum Gasteiger partial charge on any atom is -0.457 e. The molecule has 7 rings (SSSR count). The van der Waals surface area contributed by atoms with Crippen molar-refractivity contribution in [2.24, 2.45) is 0 Å². The molecule has 0 amide bonds. The zero-order valence-corrected chi connectivity index (χ0v) is 30.9. The van der Waals surface area contributed by atoms with E-state index in [9.17, 15) is 0 Å². The summed E-state index contributed by atoms with van der Waals surface area (Å²) in [6.45, 7) is 19.9. The molecular formula is C45H48N4O. The van der Waals surface area contributed by atoms with Gasteiger partial charge in [0, 0.05) is 40.4 Å². The fraction of sp³-hybridized carbons (Fsp3) is 0.289. The first-order valence-electron chi connectivity index (χ1n) is 17.8. The van der Waals surface area contributed by atoms with Crippen molar-refractivity contribution in [2.75, 3.05) is 0 Å². The summed E-state index contributed by atoms with van der Waals surface area (Å²) in [5.74, 6) is 2.47. The smallest absolute Gasteiger partial charge is 0.137 e. The standard InChI is InChI=1S/C45H48N4O/c1-10-14-31-17-20-40-39(23-31)38-19-18-36(28-41(38)48(40)42-26-33(21-22-46-42)44(4,5)6)50-37-25-34(45(7,8)9)24-35(27-37)49-30(3)43(29(2)47-49)32-15-12-11-13-16-32/h11-13,15-28H,10,14H2,1-9H3. The first-order chi connectivity index (χ1) is 23.8. The molecule has 5 heteroatoms. The Bertz CT molecular complexity index is 2350. The van der Waals surface area contributed by atoms with Crippen molar-refractivity contribution in [3.63, 3.8) is 0 Å². The number of aryl methyl sites for hydroxylation is 2. The van der Waals surface area contributed by atoms with Crippen LogP contribution in [0.3, 0.4) is 0 Å². The first kappa shape index (κ1) is 33.3. The Kier molecular flexibility index (Phi) is 8.42. The molecule has 0 aliphatic heterocycles. The second-order valence-electron chi connectivity index (χ2n) is 15.7. The molecule has 0 atom stereocenters. The minimum atomic E-state index is -0.0944. The van der Waals surface area contributed by atoms with E-state index in [1.54, 1.807) is 0 Å². The molecule has 7 aromatic rings. The van der Waals surface area contributed by atoms with Gasteiger partial charge >= 0.3 is 0 Å². The number of hydrogen-bond acceptors (Lipinski definition) is 3. The monoisotopic (exact) mass is 660 g/mol. The highest BCUT2D eigenvalue weighted by Gasteiger charge is 2.22. The average molecular weight is 661 g/mol. The maximum absolute atomic E-state index is 6.80. The molecule has 0 saturated heterocycles. The lowest BCUT2D eigenvalue weighted by Crippen LogP contribution is -2.12. The van der Waals surface area contributed by atoms with Crippen molar-refractivity contribution in [1.29, 1.82) is 0 Å². The molecular weight excluding hydrogens is 613 g/mol. The van der Waals surface area contributed by atoms with Gasteiger partial charge in [-0.1, -0.05) is 91.3 Å². The Balaban J connectivity index is 1.37. The highest BCUT2D eigenvalue weighted by molar-refractivity contribution is 6.09. The normalized spacial score (nSPS) is 12.3. The van der Waals surface area contributed by atoms with E-state index in [4.69, 9.17) is 14.8 Å². The number of benzene rings is 4. The molecule has 0 spiro atoms. The fourth-order valence-electron chi connectivity index (χ4n) is 7.06. The van der Waals surface area contributed by atoms with Crippen LogP contribution in [0.25, 0.3) is 44.4 Å². The number of nitrogens with zero attached hydrogens (tertiary/aromatic N) is 4. The molecule has 0 saturated carbocycles. The minimum absolute atomic E-state index is 0.00211. The van der Waals surface area contributed by atoms with Crippen LogP contribution in [0.15, 0.2) is 103 Å². The zero-order valence-electron chi connectivity index (χ0n) is 30.9. The number of aromatic nitrogens is 4. The van der Waals surface area contributed by atoms with E-state index >= 15 is 0 Å². The van der Waals surface area contributed by atoms with Gasteiger partial charge in [-0.3, -0.25) is 4.57 Å². The summed E-state index contributed by atoms with van der Waals surface area (Å²) in [6.07, 6.45) is 4.09. The molecule has 0 radical (unpaired) electrons. The van der Waals surface area contributed by atoms with Gasteiger partial charge in [0.15, 0.2) is 0 Å². The largest absolute Gasteiger partial charge is 0.457 e. The van der Waals surface area contributed by atoms with Crippen LogP contribution < -0.4 is 4.74 Å². The molecule has 0 aliphatic carbocycles. The topological polar surface area (TPSA) is 44.9 Å². The lowest BCUT2D eigenvalue weighted by atomic mass is 9.86. The Morgan fingerprint density at radius 1 is 0.680 bits per heavy atom. The summed E-state index contributed by atoms with van der Waals surface area (Å²) in [4.78, 5) is 4.90. The van der Waals surface area contributed by atoms with Crippen LogP contribution in [-0.2, 0) is 17.3 Å². The summed E-state index contributed by atoms with van der Waals surface area (Å²) < 4.78 is 11.1. The van der Waals surface area contributed by atoms with Gasteiger partial charge in [0.2, 0.25) is 0 Å². The van der Waals surface area contributed by atoms with Gasteiger partial charge in [-0.2, -0.15) is 5.10 Å². The van der Waals surface area contributed by atoms with Crippen LogP contribution in [-0.4, -0.2) is 19.3 Å². The number of ether oxygens (including phenoxy) is 1. The van der Waals surface area contributed by atoms with Crippen LogP contribution >= 0.6 is 0 Å². The van der Waals surface area contributed by atoms with E-state index in [0.29, 0.717) is 0 Å². The third kappa shape index (κ3) is 6.22. The molecule has 0 bridgehead atoms. The van der Waals surface area contributed by atoms with Crippen LogP contribution in [0.4, 0.5) is 0 Å². The molecule has 0 N–H and O–H groups in total. The molecule has 254 valence electrons. The summed E-state index contributed by atoms with van der Waals surface area (Å²) in [7, 11) is 0. The fourth-order valence-corrected chi connectivity index (χ4v) is 7.06. The SMILES string of the molecule is CCCc1ccc2c(c1)c1ccc(Oc3cc(-n4nc(C)c(-c5ccccc5)c4C)cc(C(C)(C)C)c3)cc1n2-c1cc(C(C)(C)C)ccn1. The van der Waals surface area contributed by atoms with Crippen LogP contribution in [0.2, 0.25) is 0 Å². The van der Waals surface area contributed by atoms with Crippen molar-refractivity contribution in [3.8, 4) is 34.1 Å². The first-order valence-corrected chi connectivity index (χ1v) is 17.8. The maximum atomic E-state index is 6.80. The van der Waals surface area contributed by atoms with Crippen molar-refractivity contribution >= 4 is 21.8 Å². The van der Waals surface area contributed by atoms with Crippen LogP contribution in [0.1, 0.15) is 83.0 Å². The molecule has 0 fully saturated rings. The number of hydrogen-bond donors (Lipinski definition) is 0. The van der Waals surface area contributed by atoms with E-state index in [1.165, 1.54) is 38.6 Å². The summed E-state index contributed by atoms with van der Waals surface area (Å²) in [5.41, 5.74) is 11.3. The van der Waals surface area contributed by atoms with Gasteiger partial charge < -0.3 is 4.74 Å². The Morgan fingerprint density at radius 3 is 2.16 bits per heavy atom. The van der Waals surface area contributed by atoms with Gasteiger partial charge in [0.25, 0.3) is 0 Å². The van der Waals surface area contributed by atoms with E-state index in [0.717, 1.165) is 58.3 Å². The quantitative estimate of drug-likeness (QED) is 0.171. The molecule has 3 heterocycles. The highest BCUT2D eigenvalue weighted by atomic mass is 16.5. The third-order valence-corrected chi connectivity index (χ3v) is 9.77. The van der Waals surface area contributed by atoms with Crippen molar-refractivity contribution in [1.82, 2.24) is 19.3 Å². The lowest BCUT2D eigenvalue weighted by Gasteiger charge is -2.22. The van der Waals surface area contributed by atoms with Gasteiger partial charge in [0.05, 0.1) is 22.4 Å². The summed E-state index contributed by atoms with van der Waals surface area (Å²) >= 11 is 0. The number of pyridine rings is 1. The van der Waals surface area contributed by atoms with E-state index in [1.807, 2.05) is 6.20 Å². The van der Waals surface area contributed by atoms with E-state index < -0.39 is 0 Å². The summed E-state index contributed by atoms with van der Waals surface area (Å²) in [6, 6.07) is 34.7. The highest BCUT2D eigenvalue weighted by Crippen LogP contribution is 2.38. The second kappa shape index (κ2) is 12.6. The van der Waals surface area contributed by atoms with Gasteiger partial charge in [-0.05, 0) is 102 Å². The second-order valence-corrected chi connectivity index (χ2v) is 15.7.